The van der Waals surface area contributed by atoms with Gasteiger partial charge in [-0.1, -0.05) is 12.1 Å². The van der Waals surface area contributed by atoms with E-state index in [1.807, 2.05) is 21.1 Å². The lowest BCUT2D eigenvalue weighted by Crippen LogP contribution is -2.43. The topological polar surface area (TPSA) is 84.6 Å². The second kappa shape index (κ2) is 6.05. The molecule has 0 bridgehead atoms. The summed E-state index contributed by atoms with van der Waals surface area (Å²) in [6.45, 7) is 0.298. The summed E-state index contributed by atoms with van der Waals surface area (Å²) in [4.78, 5) is 21.6. The van der Waals surface area contributed by atoms with Crippen LogP contribution in [0.2, 0.25) is 0 Å². The Balaban J connectivity index is 2.60. The van der Waals surface area contributed by atoms with E-state index in [0.29, 0.717) is 16.6 Å². The lowest BCUT2D eigenvalue weighted by molar-refractivity contribution is -0.862. The van der Waals surface area contributed by atoms with E-state index in [9.17, 15) is 14.9 Å². The van der Waals surface area contributed by atoms with Crippen LogP contribution in [-0.2, 0) is 4.79 Å². The molecule has 0 fully saturated rings. The molecule has 0 atom stereocenters. The van der Waals surface area contributed by atoms with Gasteiger partial charge in [-0.05, 0) is 0 Å². The zero-order valence-corrected chi connectivity index (χ0v) is 11.2. The maximum absolute atomic E-state index is 11.5. The highest BCUT2D eigenvalue weighted by atomic mass is 16.6. The molecule has 0 spiro atoms. The minimum atomic E-state index is -0.479. The summed E-state index contributed by atoms with van der Waals surface area (Å²) in [5.74, 6) is -0.214. The van der Waals surface area contributed by atoms with Gasteiger partial charge in [0.05, 0.1) is 32.3 Å². The van der Waals surface area contributed by atoms with Gasteiger partial charge in [0.25, 0.3) is 11.6 Å². The molecule has 1 N–H and O–H groups in total. The Morgan fingerprint density at radius 2 is 2.16 bits per heavy atom. The van der Waals surface area contributed by atoms with Crippen LogP contribution in [0.5, 0.6) is 0 Å². The number of hydrogen-bond acceptors (Lipinski definition) is 4. The molecule has 0 heterocycles. The Hall–Kier alpha value is -2.28. The second-order valence-electron chi connectivity index (χ2n) is 5.09. The first-order chi connectivity index (χ1) is 8.78. The van der Waals surface area contributed by atoms with Crippen LogP contribution in [0.1, 0.15) is 5.56 Å². The number of hydrogen-bond donors (Lipinski definition) is 1. The number of rotatable bonds is 5. The fourth-order valence-electron chi connectivity index (χ4n) is 1.36. The van der Waals surface area contributed by atoms with Gasteiger partial charge in [-0.25, -0.2) is 5.43 Å². The predicted octanol–water partition coefficient (Wildman–Crippen LogP) is 0.751. The maximum Gasteiger partial charge on any atom is 0.295 e. The van der Waals surface area contributed by atoms with Crippen molar-refractivity contribution in [3.05, 3.63) is 39.9 Å². The number of benzene rings is 1. The Bertz CT molecular complexity index is 506. The normalized spacial score (nSPS) is 11.5. The molecule has 1 aromatic carbocycles. The number of quaternary nitrogens is 1. The highest BCUT2D eigenvalue weighted by molar-refractivity contribution is 5.83. The Morgan fingerprint density at radius 1 is 1.47 bits per heavy atom. The Morgan fingerprint density at radius 3 is 2.74 bits per heavy atom. The van der Waals surface area contributed by atoms with Gasteiger partial charge in [-0.15, -0.1) is 0 Å². The number of carbonyl (C=O) groups is 1. The number of nitro groups is 1. The van der Waals surface area contributed by atoms with Gasteiger partial charge in [-0.3, -0.25) is 14.9 Å². The van der Waals surface area contributed by atoms with E-state index in [4.69, 9.17) is 0 Å². The highest BCUT2D eigenvalue weighted by Gasteiger charge is 2.13. The molecule has 7 nitrogen and oxygen atoms in total. The number of likely N-dealkylation sites (N-methyl/N-ethyl adjacent to an activating group) is 1. The van der Waals surface area contributed by atoms with Crippen molar-refractivity contribution in [2.24, 2.45) is 5.10 Å². The molecular formula is C12H17N4O3+. The predicted molar refractivity (Wildman–Crippen MR) is 71.7 cm³/mol. The average molecular weight is 265 g/mol. The summed E-state index contributed by atoms with van der Waals surface area (Å²) < 4.78 is 0.498. The largest absolute Gasteiger partial charge is 0.323 e. The summed E-state index contributed by atoms with van der Waals surface area (Å²) in [7, 11) is 5.68. The fourth-order valence-corrected chi connectivity index (χ4v) is 1.36. The first-order valence-corrected chi connectivity index (χ1v) is 5.65. The first kappa shape index (κ1) is 14.8. The van der Waals surface area contributed by atoms with E-state index in [1.54, 1.807) is 12.1 Å². The molecular weight excluding hydrogens is 248 g/mol. The Kier molecular flexibility index (Phi) is 4.71. The van der Waals surface area contributed by atoms with Crippen molar-refractivity contribution in [1.82, 2.24) is 5.43 Å². The lowest BCUT2D eigenvalue weighted by Gasteiger charge is -2.21. The van der Waals surface area contributed by atoms with Gasteiger partial charge >= 0.3 is 0 Å². The van der Waals surface area contributed by atoms with E-state index in [2.05, 4.69) is 10.5 Å². The monoisotopic (exact) mass is 265 g/mol. The zero-order chi connectivity index (χ0) is 14.5. The molecule has 1 amide bonds. The number of carbonyl (C=O) groups excluding carboxylic acids is 1. The molecule has 7 heteroatoms. The number of nitrogens with one attached hydrogen (secondary N) is 1. The molecule has 0 unspecified atom stereocenters. The molecule has 102 valence electrons. The van der Waals surface area contributed by atoms with Crippen molar-refractivity contribution in [3.63, 3.8) is 0 Å². The third-order valence-electron chi connectivity index (χ3n) is 2.10. The number of amides is 1. The third kappa shape index (κ3) is 5.73. The van der Waals surface area contributed by atoms with E-state index < -0.39 is 4.92 Å². The molecule has 19 heavy (non-hydrogen) atoms. The smallest absolute Gasteiger partial charge is 0.295 e. The molecule has 0 aliphatic carbocycles. The summed E-state index contributed by atoms with van der Waals surface area (Å²) >= 11 is 0. The zero-order valence-electron chi connectivity index (χ0n) is 11.2. The van der Waals surface area contributed by atoms with E-state index >= 15 is 0 Å². The molecule has 0 radical (unpaired) electrons. The van der Waals surface area contributed by atoms with Crippen molar-refractivity contribution >= 4 is 17.8 Å². The molecule has 1 rings (SSSR count). The molecule has 0 aliphatic rings. The second-order valence-corrected chi connectivity index (χ2v) is 5.09. The van der Waals surface area contributed by atoms with E-state index in [-0.39, 0.29) is 11.6 Å². The minimum absolute atomic E-state index is 0.0124. The highest BCUT2D eigenvalue weighted by Crippen LogP contribution is 2.11. The quantitative estimate of drug-likeness (QED) is 0.369. The number of hydrazone groups is 1. The Labute approximate surface area is 111 Å². The van der Waals surface area contributed by atoms with Gasteiger partial charge in [0.15, 0.2) is 6.54 Å². The number of nitrogens with zero attached hydrogens (tertiary/aromatic N) is 3. The van der Waals surface area contributed by atoms with E-state index in [1.165, 1.54) is 18.3 Å². The van der Waals surface area contributed by atoms with Crippen molar-refractivity contribution in [2.45, 2.75) is 0 Å². The number of nitro benzene ring substituents is 1. The molecule has 0 saturated heterocycles. The average Bonchev–Trinajstić information content (AvgIpc) is 2.27. The van der Waals surface area contributed by atoms with Crippen molar-refractivity contribution < 1.29 is 14.2 Å². The van der Waals surface area contributed by atoms with Crippen LogP contribution in [0, 0.1) is 10.1 Å². The van der Waals surface area contributed by atoms with Crippen LogP contribution in [-0.4, -0.2) is 49.2 Å². The minimum Gasteiger partial charge on any atom is -0.323 e. The van der Waals surface area contributed by atoms with Crippen LogP contribution < -0.4 is 5.43 Å². The molecule has 0 saturated carbocycles. The van der Waals surface area contributed by atoms with Crippen LogP contribution in [0.4, 0.5) is 5.69 Å². The summed E-state index contributed by atoms with van der Waals surface area (Å²) in [5, 5.41) is 14.4. The van der Waals surface area contributed by atoms with Crippen LogP contribution in [0.15, 0.2) is 29.4 Å². The van der Waals surface area contributed by atoms with Crippen LogP contribution >= 0.6 is 0 Å². The van der Waals surface area contributed by atoms with Crippen LogP contribution in [0.3, 0.4) is 0 Å². The third-order valence-corrected chi connectivity index (χ3v) is 2.10. The van der Waals surface area contributed by atoms with Crippen LogP contribution in [0.25, 0.3) is 0 Å². The van der Waals surface area contributed by atoms with Gasteiger partial charge < -0.3 is 4.48 Å². The number of non-ortho nitro benzene ring substituents is 1. The molecule has 0 aromatic heterocycles. The van der Waals surface area contributed by atoms with Gasteiger partial charge in [0.2, 0.25) is 0 Å². The fraction of sp³-hybridized carbons (Fsp3) is 0.333. The van der Waals surface area contributed by atoms with Crippen molar-refractivity contribution in [3.8, 4) is 0 Å². The summed E-state index contributed by atoms with van der Waals surface area (Å²) in [6.07, 6.45) is 1.38. The summed E-state index contributed by atoms with van der Waals surface area (Å²) in [6, 6.07) is 6.01. The maximum atomic E-state index is 11.5. The lowest BCUT2D eigenvalue weighted by atomic mass is 10.2. The van der Waals surface area contributed by atoms with E-state index in [0.717, 1.165) is 0 Å². The van der Waals surface area contributed by atoms with Gasteiger partial charge in [0.1, 0.15) is 0 Å². The summed E-state index contributed by atoms with van der Waals surface area (Å²) in [5.41, 5.74) is 2.92. The molecule has 0 aliphatic heterocycles. The van der Waals surface area contributed by atoms with Gasteiger partial charge in [0, 0.05) is 17.7 Å². The van der Waals surface area contributed by atoms with Crippen molar-refractivity contribution in [2.75, 3.05) is 27.7 Å². The standard InChI is InChI=1S/C12H16N4O3/c1-16(2,3)9-12(17)14-13-8-10-5-4-6-11(7-10)15(18)19/h4-8H,9H2,1-3H3/p+1/b13-8-. The van der Waals surface area contributed by atoms with Gasteiger partial charge in [-0.2, -0.15) is 5.10 Å². The van der Waals surface area contributed by atoms with Crippen molar-refractivity contribution in [1.29, 1.82) is 0 Å². The molecule has 1 aromatic rings. The first-order valence-electron chi connectivity index (χ1n) is 5.65. The SMILES string of the molecule is C[N+](C)(C)CC(=O)N/N=C\c1cccc([N+](=O)[O-])c1.